The van der Waals surface area contributed by atoms with Gasteiger partial charge in [-0.15, -0.1) is 0 Å². The number of phenolic OH excluding ortho intramolecular Hbond substituents is 1. The van der Waals surface area contributed by atoms with Crippen LogP contribution in [0.15, 0.2) is 27.4 Å². The average Bonchev–Trinajstić information content (AvgIpc) is 2.14. The van der Waals surface area contributed by atoms with Crippen LogP contribution < -0.4 is 23.8 Å². The largest absolute Gasteiger partial charge is 1.00 e. The lowest BCUT2D eigenvalue weighted by Crippen LogP contribution is -3.00. The molecule has 1 heterocycles. The van der Waals surface area contributed by atoms with Gasteiger partial charge in [0, 0.05) is 17.0 Å². The summed E-state index contributed by atoms with van der Waals surface area (Å²) in [7, 11) is 0. The molecule has 0 atom stereocenters. The normalized spacial score (nSPS) is 10.0. The minimum absolute atomic E-state index is 0. The third-order valence-electron chi connectivity index (χ3n) is 2.27. The number of fused-ring (bicyclic) bond motifs is 1. The molecule has 4 nitrogen and oxygen atoms in total. The van der Waals surface area contributed by atoms with Crippen LogP contribution in [0.4, 0.5) is 5.69 Å². The van der Waals surface area contributed by atoms with E-state index < -0.39 is 5.63 Å². The van der Waals surface area contributed by atoms with Crippen LogP contribution >= 0.6 is 0 Å². The van der Waals surface area contributed by atoms with Crippen molar-refractivity contribution in [3.63, 3.8) is 0 Å². The molecule has 15 heavy (non-hydrogen) atoms. The van der Waals surface area contributed by atoms with E-state index in [1.807, 2.05) is 0 Å². The Bertz CT molecular complexity index is 562. The highest BCUT2D eigenvalue weighted by atomic mass is 35.5. The number of hydrogen-bond donors (Lipinski definition) is 2. The van der Waals surface area contributed by atoms with Gasteiger partial charge in [0.2, 0.25) is 5.69 Å². The molecule has 80 valence electrons. The zero-order chi connectivity index (χ0) is 10.3. The smallest absolute Gasteiger partial charge is 0.398 e. The van der Waals surface area contributed by atoms with Crippen LogP contribution in [0.25, 0.3) is 11.0 Å². The van der Waals surface area contributed by atoms with Crippen LogP contribution in [-0.4, -0.2) is 5.11 Å². The number of phenols is 1. The number of halogens is 1. The van der Waals surface area contributed by atoms with Crippen molar-refractivity contribution >= 4 is 16.7 Å². The molecule has 1 aromatic heterocycles. The van der Waals surface area contributed by atoms with Crippen molar-refractivity contribution in [2.24, 2.45) is 0 Å². The fourth-order valence-corrected chi connectivity index (χ4v) is 1.38. The molecule has 5 heteroatoms. The van der Waals surface area contributed by atoms with E-state index in [1.165, 1.54) is 6.07 Å². The maximum absolute atomic E-state index is 11.3. The van der Waals surface area contributed by atoms with Crippen LogP contribution in [-0.2, 0) is 0 Å². The Kier molecular flexibility index (Phi) is 3.02. The summed E-state index contributed by atoms with van der Waals surface area (Å²) >= 11 is 0. The van der Waals surface area contributed by atoms with Crippen LogP contribution in [0.5, 0.6) is 5.75 Å². The first-order valence-electron chi connectivity index (χ1n) is 4.18. The zero-order valence-corrected chi connectivity index (χ0v) is 8.84. The number of aromatic hydroxyl groups is 1. The van der Waals surface area contributed by atoms with E-state index in [1.54, 1.807) is 19.1 Å². The fourth-order valence-electron chi connectivity index (χ4n) is 1.38. The standard InChI is InChI=1S/C10H9NO3.ClH/c1-5-7-3-2-6(12)4-8(7)14-10(13)9(5)11;/h2-4,12H,11H2,1H3;1H. The first kappa shape index (κ1) is 11.6. The molecule has 1 aromatic carbocycles. The Balaban J connectivity index is 0.00000112. The Morgan fingerprint density at radius 1 is 1.40 bits per heavy atom. The zero-order valence-electron chi connectivity index (χ0n) is 8.08. The van der Waals surface area contributed by atoms with Crippen LogP contribution in [0, 0.1) is 6.92 Å². The van der Waals surface area contributed by atoms with E-state index in [0.717, 1.165) is 10.9 Å². The van der Waals surface area contributed by atoms with E-state index >= 15 is 0 Å². The molecule has 0 saturated carbocycles. The van der Waals surface area contributed by atoms with Gasteiger partial charge in [-0.2, -0.15) is 0 Å². The van der Waals surface area contributed by atoms with Gasteiger partial charge in [-0.3, -0.25) is 0 Å². The van der Waals surface area contributed by atoms with Crippen molar-refractivity contribution in [3.8, 4) is 5.75 Å². The van der Waals surface area contributed by atoms with Gasteiger partial charge >= 0.3 is 5.63 Å². The number of benzene rings is 1. The van der Waals surface area contributed by atoms with Gasteiger partial charge in [-0.05, 0) is 19.1 Å². The van der Waals surface area contributed by atoms with Crippen molar-refractivity contribution in [1.29, 1.82) is 0 Å². The fraction of sp³-hybridized carbons (Fsp3) is 0.100. The van der Waals surface area contributed by atoms with Crippen LogP contribution in [0.2, 0.25) is 0 Å². The lowest BCUT2D eigenvalue weighted by atomic mass is 10.1. The number of quaternary nitrogens is 1. The maximum Gasteiger partial charge on any atom is 0.398 e. The molecule has 0 saturated heterocycles. The third-order valence-corrected chi connectivity index (χ3v) is 2.27. The van der Waals surface area contributed by atoms with Crippen molar-refractivity contribution < 1.29 is 27.7 Å². The third kappa shape index (κ3) is 1.82. The van der Waals surface area contributed by atoms with Crippen molar-refractivity contribution in [2.45, 2.75) is 6.92 Å². The molecule has 2 rings (SSSR count). The lowest BCUT2D eigenvalue weighted by molar-refractivity contribution is -0.258. The molecule has 0 aliphatic carbocycles. The first-order chi connectivity index (χ1) is 6.59. The van der Waals surface area contributed by atoms with Gasteiger partial charge in [0.25, 0.3) is 0 Å². The predicted molar refractivity (Wildman–Crippen MR) is 51.4 cm³/mol. The summed E-state index contributed by atoms with van der Waals surface area (Å²) in [6, 6.07) is 4.68. The molecular formula is C10H10ClNO3. The van der Waals surface area contributed by atoms with E-state index in [0.29, 0.717) is 11.3 Å². The summed E-state index contributed by atoms with van der Waals surface area (Å²) in [5, 5.41) is 10.0. The van der Waals surface area contributed by atoms with E-state index in [4.69, 9.17) is 4.42 Å². The highest BCUT2D eigenvalue weighted by Crippen LogP contribution is 2.23. The van der Waals surface area contributed by atoms with Gasteiger partial charge in [0.05, 0.1) is 0 Å². The SMILES string of the molecule is Cc1c([NH3+])c(=O)oc2cc(O)ccc12.[Cl-]. The topological polar surface area (TPSA) is 78.1 Å². The second-order valence-corrected chi connectivity index (χ2v) is 3.17. The van der Waals surface area contributed by atoms with Crippen molar-refractivity contribution in [3.05, 3.63) is 34.2 Å². The molecule has 0 radical (unpaired) electrons. The predicted octanol–water partition coefficient (Wildman–Crippen LogP) is -2.32. The van der Waals surface area contributed by atoms with E-state index in [9.17, 15) is 9.90 Å². The highest BCUT2D eigenvalue weighted by Gasteiger charge is 2.10. The molecule has 0 bridgehead atoms. The van der Waals surface area contributed by atoms with E-state index in [-0.39, 0.29) is 18.2 Å². The molecule has 0 aliphatic heterocycles. The molecule has 0 aliphatic rings. The second-order valence-electron chi connectivity index (χ2n) is 3.17. The minimum atomic E-state index is -0.458. The lowest BCUT2D eigenvalue weighted by Gasteiger charge is -2.01. The first-order valence-corrected chi connectivity index (χ1v) is 4.18. The summed E-state index contributed by atoms with van der Waals surface area (Å²) in [6.45, 7) is 1.80. The Morgan fingerprint density at radius 3 is 2.73 bits per heavy atom. The number of rotatable bonds is 0. The molecule has 0 unspecified atom stereocenters. The van der Waals surface area contributed by atoms with Crippen LogP contribution in [0.3, 0.4) is 0 Å². The van der Waals surface area contributed by atoms with Gasteiger partial charge in [-0.1, -0.05) is 0 Å². The minimum Gasteiger partial charge on any atom is -1.00 e. The Labute approximate surface area is 91.7 Å². The highest BCUT2D eigenvalue weighted by molar-refractivity contribution is 5.83. The number of aryl methyl sites for hydroxylation is 1. The Morgan fingerprint density at radius 2 is 2.07 bits per heavy atom. The molecule has 0 fully saturated rings. The quantitative estimate of drug-likeness (QED) is 0.497. The van der Waals surface area contributed by atoms with Crippen molar-refractivity contribution in [1.82, 2.24) is 0 Å². The summed E-state index contributed by atoms with van der Waals surface area (Å²) < 4.78 is 4.98. The average molecular weight is 228 g/mol. The molecule has 2 aromatic rings. The Hall–Kier alpha value is -1.52. The van der Waals surface area contributed by atoms with Gasteiger partial charge in [0.15, 0.2) is 0 Å². The van der Waals surface area contributed by atoms with Gasteiger partial charge in [0.1, 0.15) is 11.3 Å². The number of hydrogen-bond acceptors (Lipinski definition) is 3. The summed E-state index contributed by atoms with van der Waals surface area (Å²) in [5.41, 5.74) is 4.71. The van der Waals surface area contributed by atoms with E-state index in [2.05, 4.69) is 5.73 Å². The molecule has 0 spiro atoms. The summed E-state index contributed by atoms with van der Waals surface area (Å²) in [6.07, 6.45) is 0. The van der Waals surface area contributed by atoms with Gasteiger partial charge in [-0.25, -0.2) is 4.79 Å². The van der Waals surface area contributed by atoms with Crippen molar-refractivity contribution in [2.75, 3.05) is 0 Å². The van der Waals surface area contributed by atoms with Crippen LogP contribution in [0.1, 0.15) is 5.56 Å². The monoisotopic (exact) mass is 227 g/mol. The van der Waals surface area contributed by atoms with Gasteiger partial charge < -0.3 is 27.7 Å². The second kappa shape index (κ2) is 3.92. The molecule has 0 amide bonds. The summed E-state index contributed by atoms with van der Waals surface area (Å²) in [5.74, 6) is 0.0804. The summed E-state index contributed by atoms with van der Waals surface area (Å²) in [4.78, 5) is 11.3. The molecular weight excluding hydrogens is 218 g/mol. The maximum atomic E-state index is 11.3. The molecule has 4 N–H and O–H groups in total.